The lowest BCUT2D eigenvalue weighted by molar-refractivity contribution is 0.0970. The van der Waals surface area contributed by atoms with Crippen LogP contribution >= 0.6 is 11.6 Å². The lowest BCUT2D eigenvalue weighted by atomic mass is 9.85. The van der Waals surface area contributed by atoms with E-state index in [0.717, 1.165) is 18.6 Å². The Balaban J connectivity index is 1.97. The number of ketones is 1. The van der Waals surface area contributed by atoms with Crippen LogP contribution in [-0.4, -0.2) is 5.78 Å². The van der Waals surface area contributed by atoms with Crippen LogP contribution in [0.5, 0.6) is 0 Å². The van der Waals surface area contributed by atoms with E-state index in [1.165, 1.54) is 32.1 Å². The van der Waals surface area contributed by atoms with Gasteiger partial charge in [-0.05, 0) is 24.5 Å². The van der Waals surface area contributed by atoms with Crippen LogP contribution in [0.4, 0.5) is 8.78 Å². The monoisotopic (exact) mass is 286 g/mol. The number of hydrogen-bond donors (Lipinski definition) is 0. The molecule has 0 unspecified atom stereocenters. The van der Waals surface area contributed by atoms with E-state index in [-0.39, 0.29) is 16.4 Å². The standard InChI is InChI=1S/C15H17ClF2O/c16-12-9-14(18)13(17)8-11(12)15(19)7-6-10-4-2-1-3-5-10/h8-10H,1-7H2. The Morgan fingerprint density at radius 3 is 2.47 bits per heavy atom. The molecule has 0 bridgehead atoms. The molecule has 0 amide bonds. The predicted molar refractivity (Wildman–Crippen MR) is 71.5 cm³/mol. The van der Waals surface area contributed by atoms with Crippen molar-refractivity contribution in [3.05, 3.63) is 34.4 Å². The zero-order chi connectivity index (χ0) is 13.8. The molecule has 0 atom stereocenters. The zero-order valence-corrected chi connectivity index (χ0v) is 11.5. The molecule has 1 nitrogen and oxygen atoms in total. The van der Waals surface area contributed by atoms with Crippen molar-refractivity contribution in [2.75, 3.05) is 0 Å². The summed E-state index contributed by atoms with van der Waals surface area (Å²) in [6.45, 7) is 0. The number of halogens is 3. The number of benzene rings is 1. The fourth-order valence-electron chi connectivity index (χ4n) is 2.68. The fourth-order valence-corrected chi connectivity index (χ4v) is 2.94. The van der Waals surface area contributed by atoms with E-state index in [2.05, 4.69) is 0 Å². The Morgan fingerprint density at radius 1 is 1.16 bits per heavy atom. The lowest BCUT2D eigenvalue weighted by Gasteiger charge is -2.21. The van der Waals surface area contributed by atoms with Gasteiger partial charge < -0.3 is 0 Å². The smallest absolute Gasteiger partial charge is 0.164 e. The quantitative estimate of drug-likeness (QED) is 0.552. The second-order valence-electron chi connectivity index (χ2n) is 5.21. The summed E-state index contributed by atoms with van der Waals surface area (Å²) in [5.74, 6) is -1.66. The lowest BCUT2D eigenvalue weighted by Crippen LogP contribution is -2.10. The minimum atomic E-state index is -1.02. The van der Waals surface area contributed by atoms with Crippen LogP contribution in [-0.2, 0) is 0 Å². The van der Waals surface area contributed by atoms with Gasteiger partial charge in [0.25, 0.3) is 0 Å². The third kappa shape index (κ3) is 3.75. The topological polar surface area (TPSA) is 17.1 Å². The van der Waals surface area contributed by atoms with Gasteiger partial charge in [0.1, 0.15) is 0 Å². The molecule has 19 heavy (non-hydrogen) atoms. The SMILES string of the molecule is O=C(CCC1CCCCC1)c1cc(F)c(F)cc1Cl. The summed E-state index contributed by atoms with van der Waals surface area (Å²) in [5.41, 5.74) is 0.0939. The average Bonchev–Trinajstić information content (AvgIpc) is 2.41. The Labute approximate surface area is 117 Å². The van der Waals surface area contributed by atoms with Gasteiger partial charge in [-0.1, -0.05) is 43.7 Å². The first-order valence-electron chi connectivity index (χ1n) is 6.75. The third-order valence-electron chi connectivity index (χ3n) is 3.81. The average molecular weight is 287 g/mol. The first-order valence-corrected chi connectivity index (χ1v) is 7.13. The van der Waals surface area contributed by atoms with Gasteiger partial charge in [-0.25, -0.2) is 8.78 Å². The van der Waals surface area contributed by atoms with E-state index in [1.807, 2.05) is 0 Å². The summed E-state index contributed by atoms with van der Waals surface area (Å²) in [5, 5.41) is -0.00690. The van der Waals surface area contributed by atoms with Crippen molar-refractivity contribution >= 4 is 17.4 Å². The van der Waals surface area contributed by atoms with Gasteiger partial charge in [0.2, 0.25) is 0 Å². The molecule has 0 aromatic heterocycles. The minimum Gasteiger partial charge on any atom is -0.294 e. The van der Waals surface area contributed by atoms with Crippen molar-refractivity contribution in [1.29, 1.82) is 0 Å². The Hall–Kier alpha value is -0.960. The van der Waals surface area contributed by atoms with Crippen LogP contribution in [0.25, 0.3) is 0 Å². The number of hydrogen-bond acceptors (Lipinski definition) is 1. The van der Waals surface area contributed by atoms with E-state index in [1.54, 1.807) is 0 Å². The van der Waals surface area contributed by atoms with E-state index >= 15 is 0 Å². The van der Waals surface area contributed by atoms with Crippen LogP contribution in [0.15, 0.2) is 12.1 Å². The van der Waals surface area contributed by atoms with Crippen molar-refractivity contribution in [3.63, 3.8) is 0 Å². The second-order valence-corrected chi connectivity index (χ2v) is 5.62. The van der Waals surface area contributed by atoms with Crippen molar-refractivity contribution in [2.24, 2.45) is 5.92 Å². The van der Waals surface area contributed by atoms with E-state index in [9.17, 15) is 13.6 Å². The molecule has 2 rings (SSSR count). The van der Waals surface area contributed by atoms with Crippen LogP contribution in [0, 0.1) is 17.6 Å². The normalized spacial score (nSPS) is 16.6. The molecule has 0 spiro atoms. The van der Waals surface area contributed by atoms with Crippen LogP contribution in [0.3, 0.4) is 0 Å². The van der Waals surface area contributed by atoms with Crippen molar-refractivity contribution in [1.82, 2.24) is 0 Å². The van der Waals surface area contributed by atoms with Gasteiger partial charge in [-0.15, -0.1) is 0 Å². The van der Waals surface area contributed by atoms with Gasteiger partial charge in [0, 0.05) is 12.0 Å². The maximum Gasteiger partial charge on any atom is 0.164 e. The Morgan fingerprint density at radius 2 is 1.79 bits per heavy atom. The molecular weight excluding hydrogens is 270 g/mol. The Kier molecular flexibility index (Phi) is 4.92. The molecule has 0 aliphatic heterocycles. The van der Waals surface area contributed by atoms with Gasteiger partial charge >= 0.3 is 0 Å². The molecule has 1 aliphatic carbocycles. The summed E-state index contributed by atoms with van der Waals surface area (Å²) in [6.07, 6.45) is 7.23. The molecule has 0 saturated heterocycles. The second kappa shape index (κ2) is 6.47. The zero-order valence-electron chi connectivity index (χ0n) is 10.7. The molecule has 1 fully saturated rings. The van der Waals surface area contributed by atoms with Crippen LogP contribution in [0.2, 0.25) is 5.02 Å². The van der Waals surface area contributed by atoms with E-state index in [4.69, 9.17) is 11.6 Å². The number of Topliss-reactive ketones (excluding diaryl/α,β-unsaturated/α-hetero) is 1. The molecular formula is C15H17ClF2O. The highest BCUT2D eigenvalue weighted by Gasteiger charge is 2.18. The predicted octanol–water partition coefficient (Wildman–Crippen LogP) is 5.16. The summed E-state index contributed by atoms with van der Waals surface area (Å²) in [4.78, 5) is 12.0. The van der Waals surface area contributed by atoms with Crippen LogP contribution < -0.4 is 0 Å². The largest absolute Gasteiger partial charge is 0.294 e. The summed E-state index contributed by atoms with van der Waals surface area (Å²) in [7, 11) is 0. The molecule has 4 heteroatoms. The summed E-state index contributed by atoms with van der Waals surface area (Å²) in [6, 6.07) is 1.77. The molecule has 0 heterocycles. The van der Waals surface area contributed by atoms with Gasteiger partial charge in [0.05, 0.1) is 5.02 Å². The highest BCUT2D eigenvalue weighted by molar-refractivity contribution is 6.33. The fraction of sp³-hybridized carbons (Fsp3) is 0.533. The Bertz CT molecular complexity index is 467. The van der Waals surface area contributed by atoms with Crippen molar-refractivity contribution < 1.29 is 13.6 Å². The molecule has 1 aromatic carbocycles. The highest BCUT2D eigenvalue weighted by atomic mass is 35.5. The molecule has 1 aliphatic rings. The first kappa shape index (κ1) is 14.4. The van der Waals surface area contributed by atoms with Crippen molar-refractivity contribution in [2.45, 2.75) is 44.9 Å². The van der Waals surface area contributed by atoms with Gasteiger partial charge in [-0.2, -0.15) is 0 Å². The molecule has 1 aromatic rings. The number of rotatable bonds is 4. The van der Waals surface area contributed by atoms with E-state index in [0.29, 0.717) is 12.3 Å². The maximum absolute atomic E-state index is 13.1. The molecule has 0 N–H and O–H groups in total. The van der Waals surface area contributed by atoms with Gasteiger partial charge in [-0.3, -0.25) is 4.79 Å². The molecule has 104 valence electrons. The van der Waals surface area contributed by atoms with Crippen LogP contribution in [0.1, 0.15) is 55.3 Å². The molecule has 0 radical (unpaired) electrons. The number of carbonyl (C=O) groups is 1. The summed E-state index contributed by atoms with van der Waals surface area (Å²) < 4.78 is 26.1. The number of carbonyl (C=O) groups excluding carboxylic acids is 1. The highest BCUT2D eigenvalue weighted by Crippen LogP contribution is 2.29. The molecule has 1 saturated carbocycles. The maximum atomic E-state index is 13.1. The van der Waals surface area contributed by atoms with Crippen molar-refractivity contribution in [3.8, 4) is 0 Å². The third-order valence-corrected chi connectivity index (χ3v) is 4.13. The first-order chi connectivity index (χ1) is 9.08. The minimum absolute atomic E-state index is 0.00690. The van der Waals surface area contributed by atoms with E-state index < -0.39 is 11.6 Å². The van der Waals surface area contributed by atoms with Gasteiger partial charge in [0.15, 0.2) is 17.4 Å². The summed E-state index contributed by atoms with van der Waals surface area (Å²) >= 11 is 5.79.